The van der Waals surface area contributed by atoms with E-state index < -0.39 is 11.0 Å². The fourth-order valence-electron chi connectivity index (χ4n) is 2.80. The highest BCUT2D eigenvalue weighted by atomic mass is 16.6. The molecule has 1 aliphatic rings. The van der Waals surface area contributed by atoms with Crippen LogP contribution in [0.15, 0.2) is 54.6 Å². The zero-order valence-electron chi connectivity index (χ0n) is 13.1. The van der Waals surface area contributed by atoms with Crippen molar-refractivity contribution in [1.29, 1.82) is 0 Å². The van der Waals surface area contributed by atoms with Gasteiger partial charge in [0.1, 0.15) is 5.75 Å². The van der Waals surface area contributed by atoms with Crippen LogP contribution in [0.3, 0.4) is 0 Å². The highest BCUT2D eigenvalue weighted by Gasteiger charge is 2.29. The Morgan fingerprint density at radius 3 is 2.46 bits per heavy atom. The maximum Gasteiger partial charge on any atom is 0.273 e. The number of nitro groups is 1. The number of amides is 1. The van der Waals surface area contributed by atoms with Crippen molar-refractivity contribution in [2.75, 3.05) is 13.1 Å². The lowest BCUT2D eigenvalue weighted by Gasteiger charge is -2.24. The van der Waals surface area contributed by atoms with Gasteiger partial charge in [-0.3, -0.25) is 14.9 Å². The molecule has 0 spiro atoms. The van der Waals surface area contributed by atoms with E-state index in [-0.39, 0.29) is 11.6 Å². The molecule has 1 saturated heterocycles. The summed E-state index contributed by atoms with van der Waals surface area (Å²) in [6.07, 6.45) is 1.18. The van der Waals surface area contributed by atoms with Crippen LogP contribution < -0.4 is 4.74 Å². The van der Waals surface area contributed by atoms with Crippen LogP contribution in [0.5, 0.6) is 5.75 Å². The summed E-state index contributed by atoms with van der Waals surface area (Å²) >= 11 is 0. The molecule has 1 amide bonds. The molecular formula is C18H18N2O4. The third-order valence-corrected chi connectivity index (χ3v) is 4.03. The maximum absolute atomic E-state index is 12.8. The number of rotatable bonds is 5. The van der Waals surface area contributed by atoms with Gasteiger partial charge in [0.25, 0.3) is 11.6 Å². The zero-order valence-corrected chi connectivity index (χ0v) is 13.1. The Kier molecular flexibility index (Phi) is 4.74. The zero-order chi connectivity index (χ0) is 16.9. The van der Waals surface area contributed by atoms with Gasteiger partial charge in [-0.2, -0.15) is 0 Å². The molecule has 0 aliphatic carbocycles. The van der Waals surface area contributed by atoms with Crippen molar-refractivity contribution in [3.8, 4) is 5.75 Å². The first kappa shape index (κ1) is 16.0. The van der Waals surface area contributed by atoms with E-state index in [0.29, 0.717) is 5.75 Å². The number of nitrogens with zero attached hydrogens (tertiary/aromatic N) is 2. The Morgan fingerprint density at radius 1 is 1.08 bits per heavy atom. The standard InChI is InChI=1S/C18H18N2O4/c21-18(19-11-4-5-12-19)17(14-7-2-1-3-8-14)24-16-10-6-9-15(13-16)20(22)23/h1-3,6-10,13,17H,4-5,11-12H2/t17-/m1/s1. The number of hydrogen-bond acceptors (Lipinski definition) is 4. The Morgan fingerprint density at radius 2 is 1.79 bits per heavy atom. The molecule has 0 unspecified atom stereocenters. The van der Waals surface area contributed by atoms with Crippen molar-refractivity contribution in [3.05, 3.63) is 70.3 Å². The molecule has 1 atom stereocenters. The molecule has 1 aliphatic heterocycles. The molecule has 1 heterocycles. The average molecular weight is 326 g/mol. The second-order valence-electron chi connectivity index (χ2n) is 5.70. The number of carbonyl (C=O) groups is 1. The lowest BCUT2D eigenvalue weighted by atomic mass is 10.1. The molecule has 6 heteroatoms. The number of hydrogen-bond donors (Lipinski definition) is 0. The first-order valence-corrected chi connectivity index (χ1v) is 7.90. The molecule has 0 radical (unpaired) electrons. The van der Waals surface area contributed by atoms with Crippen LogP contribution in [0, 0.1) is 10.1 Å². The van der Waals surface area contributed by atoms with E-state index in [1.165, 1.54) is 12.1 Å². The fourth-order valence-corrected chi connectivity index (χ4v) is 2.80. The summed E-state index contributed by atoms with van der Waals surface area (Å²) in [7, 11) is 0. The summed E-state index contributed by atoms with van der Waals surface area (Å²) in [6, 6.07) is 15.1. The lowest BCUT2D eigenvalue weighted by molar-refractivity contribution is -0.385. The molecule has 3 rings (SSSR count). The first-order chi connectivity index (χ1) is 11.6. The summed E-state index contributed by atoms with van der Waals surface area (Å²) in [5.74, 6) is 0.204. The summed E-state index contributed by atoms with van der Waals surface area (Å²) in [5.41, 5.74) is 0.675. The van der Waals surface area contributed by atoms with Gasteiger partial charge in [0.15, 0.2) is 0 Å². The van der Waals surface area contributed by atoms with Crippen LogP contribution in [0.2, 0.25) is 0 Å². The molecule has 6 nitrogen and oxygen atoms in total. The smallest absolute Gasteiger partial charge is 0.273 e. The van der Waals surface area contributed by atoms with Crippen LogP contribution in [-0.2, 0) is 4.79 Å². The topological polar surface area (TPSA) is 72.7 Å². The van der Waals surface area contributed by atoms with Gasteiger partial charge >= 0.3 is 0 Å². The molecule has 1 fully saturated rings. The van der Waals surface area contributed by atoms with Crippen molar-refractivity contribution in [2.45, 2.75) is 18.9 Å². The molecule has 0 saturated carbocycles. The Bertz CT molecular complexity index is 727. The maximum atomic E-state index is 12.8. The molecule has 0 aromatic heterocycles. The Labute approximate surface area is 139 Å². The number of nitro benzene ring substituents is 1. The summed E-state index contributed by atoms with van der Waals surface area (Å²) in [5, 5.41) is 10.9. The van der Waals surface area contributed by atoms with Crippen LogP contribution in [-0.4, -0.2) is 28.8 Å². The van der Waals surface area contributed by atoms with Crippen molar-refractivity contribution in [2.24, 2.45) is 0 Å². The van der Waals surface area contributed by atoms with E-state index in [0.717, 1.165) is 31.5 Å². The van der Waals surface area contributed by atoms with Crippen LogP contribution >= 0.6 is 0 Å². The lowest BCUT2D eigenvalue weighted by Crippen LogP contribution is -2.35. The normalized spacial score (nSPS) is 15.1. The minimum absolute atomic E-state index is 0.0621. The Hall–Kier alpha value is -2.89. The van der Waals surface area contributed by atoms with E-state index in [2.05, 4.69) is 0 Å². The summed E-state index contributed by atoms with van der Waals surface area (Å²) in [4.78, 5) is 25.1. The Balaban J connectivity index is 1.88. The van der Waals surface area contributed by atoms with Crippen LogP contribution in [0.4, 0.5) is 5.69 Å². The number of non-ortho nitro benzene ring substituents is 1. The van der Waals surface area contributed by atoms with E-state index in [4.69, 9.17) is 4.74 Å². The third kappa shape index (κ3) is 3.53. The quantitative estimate of drug-likeness (QED) is 0.624. The van der Waals surface area contributed by atoms with Gasteiger partial charge in [-0.15, -0.1) is 0 Å². The fraction of sp³-hybridized carbons (Fsp3) is 0.278. The molecule has 2 aromatic carbocycles. The number of carbonyl (C=O) groups excluding carboxylic acids is 1. The minimum atomic E-state index is -0.800. The van der Waals surface area contributed by atoms with Gasteiger partial charge in [-0.05, 0) is 18.9 Å². The van der Waals surface area contributed by atoms with Crippen molar-refractivity contribution < 1.29 is 14.5 Å². The number of likely N-dealkylation sites (tertiary alicyclic amines) is 1. The molecule has 0 bridgehead atoms. The van der Waals surface area contributed by atoms with E-state index >= 15 is 0 Å². The molecule has 0 N–H and O–H groups in total. The molecule has 24 heavy (non-hydrogen) atoms. The second-order valence-corrected chi connectivity index (χ2v) is 5.70. The van der Waals surface area contributed by atoms with Gasteiger partial charge < -0.3 is 9.64 Å². The van der Waals surface area contributed by atoms with E-state index in [1.54, 1.807) is 17.0 Å². The highest BCUT2D eigenvalue weighted by molar-refractivity contribution is 5.83. The van der Waals surface area contributed by atoms with E-state index in [1.807, 2.05) is 30.3 Å². The first-order valence-electron chi connectivity index (χ1n) is 7.90. The average Bonchev–Trinajstić information content (AvgIpc) is 3.15. The predicted molar refractivity (Wildman–Crippen MR) is 88.7 cm³/mol. The number of ether oxygens (including phenoxy) is 1. The molecule has 124 valence electrons. The van der Waals surface area contributed by atoms with Crippen molar-refractivity contribution in [1.82, 2.24) is 4.90 Å². The van der Waals surface area contributed by atoms with Gasteiger partial charge in [-0.1, -0.05) is 36.4 Å². The predicted octanol–water partition coefficient (Wildman–Crippen LogP) is 3.34. The van der Waals surface area contributed by atoms with Gasteiger partial charge in [0, 0.05) is 24.7 Å². The van der Waals surface area contributed by atoms with Gasteiger partial charge in [0.05, 0.1) is 11.0 Å². The summed E-state index contributed by atoms with van der Waals surface area (Å²) in [6.45, 7) is 1.45. The van der Waals surface area contributed by atoms with Crippen LogP contribution in [0.25, 0.3) is 0 Å². The van der Waals surface area contributed by atoms with Gasteiger partial charge in [-0.25, -0.2) is 0 Å². The minimum Gasteiger partial charge on any atom is -0.476 e. The number of benzene rings is 2. The molecular weight excluding hydrogens is 308 g/mol. The SMILES string of the molecule is O=C([C@H](Oc1cccc([N+](=O)[O-])c1)c1ccccc1)N1CCCC1. The second kappa shape index (κ2) is 7.12. The van der Waals surface area contributed by atoms with Gasteiger partial charge in [0.2, 0.25) is 6.10 Å². The van der Waals surface area contributed by atoms with Crippen LogP contribution in [0.1, 0.15) is 24.5 Å². The largest absolute Gasteiger partial charge is 0.476 e. The summed E-state index contributed by atoms with van der Waals surface area (Å²) < 4.78 is 5.87. The van der Waals surface area contributed by atoms with E-state index in [9.17, 15) is 14.9 Å². The third-order valence-electron chi connectivity index (χ3n) is 4.03. The highest BCUT2D eigenvalue weighted by Crippen LogP contribution is 2.27. The van der Waals surface area contributed by atoms with Crippen molar-refractivity contribution >= 4 is 11.6 Å². The molecule has 2 aromatic rings. The van der Waals surface area contributed by atoms with Crippen molar-refractivity contribution in [3.63, 3.8) is 0 Å². The monoisotopic (exact) mass is 326 g/mol.